The fourth-order valence-electron chi connectivity index (χ4n) is 1.82. The minimum Gasteiger partial charge on any atom is -0.387 e. The van der Waals surface area contributed by atoms with Crippen molar-refractivity contribution in [2.24, 2.45) is 0 Å². The van der Waals surface area contributed by atoms with Gasteiger partial charge in [-0.25, -0.2) is 0 Å². The Morgan fingerprint density at radius 2 is 1.64 bits per heavy atom. The Bertz CT molecular complexity index is 646. The lowest BCUT2D eigenvalue weighted by molar-refractivity contribution is -0.137. The topological polar surface area (TPSA) is 29.1 Å². The fourth-order valence-corrected chi connectivity index (χ4v) is 1.82. The van der Waals surface area contributed by atoms with Crippen LogP contribution in [0.2, 0.25) is 0 Å². The molecule has 0 saturated heterocycles. The summed E-state index contributed by atoms with van der Waals surface area (Å²) in [6, 6.07) is 13.7. The van der Waals surface area contributed by atoms with Crippen LogP contribution in [0.1, 0.15) is 21.5 Å². The van der Waals surface area contributed by atoms with Crippen LogP contribution in [0, 0.1) is 0 Å². The third-order valence-electron chi connectivity index (χ3n) is 3.00. The molecule has 22 heavy (non-hydrogen) atoms. The van der Waals surface area contributed by atoms with Gasteiger partial charge in [0.15, 0.2) is 5.78 Å². The van der Waals surface area contributed by atoms with E-state index in [0.717, 1.165) is 12.1 Å². The van der Waals surface area contributed by atoms with Crippen LogP contribution < -0.4 is 5.32 Å². The van der Waals surface area contributed by atoms with E-state index in [-0.39, 0.29) is 5.78 Å². The Kier molecular flexibility index (Phi) is 4.99. The maximum atomic E-state index is 12.4. The average molecular weight is 305 g/mol. The molecule has 0 saturated carbocycles. The van der Waals surface area contributed by atoms with Crippen molar-refractivity contribution in [1.29, 1.82) is 0 Å². The zero-order valence-corrected chi connectivity index (χ0v) is 11.6. The van der Waals surface area contributed by atoms with E-state index >= 15 is 0 Å². The van der Waals surface area contributed by atoms with E-state index < -0.39 is 11.7 Å². The van der Waals surface area contributed by atoms with Crippen LogP contribution in [0.4, 0.5) is 13.2 Å². The normalized spacial score (nSPS) is 11.6. The molecule has 0 aliphatic heterocycles. The van der Waals surface area contributed by atoms with Crippen molar-refractivity contribution in [3.8, 4) is 0 Å². The summed E-state index contributed by atoms with van der Waals surface area (Å²) in [6.45, 7) is 0.344. The van der Waals surface area contributed by atoms with E-state index in [0.29, 0.717) is 17.7 Å². The molecule has 0 aliphatic rings. The van der Waals surface area contributed by atoms with E-state index in [1.807, 2.05) is 6.07 Å². The van der Waals surface area contributed by atoms with Gasteiger partial charge >= 0.3 is 6.18 Å². The highest BCUT2D eigenvalue weighted by molar-refractivity contribution is 6.04. The van der Waals surface area contributed by atoms with Gasteiger partial charge in [-0.05, 0) is 17.7 Å². The van der Waals surface area contributed by atoms with Crippen LogP contribution in [0.3, 0.4) is 0 Å². The molecule has 0 fully saturated rings. The average Bonchev–Trinajstić information content (AvgIpc) is 2.52. The molecule has 0 aromatic heterocycles. The van der Waals surface area contributed by atoms with E-state index in [9.17, 15) is 18.0 Å². The maximum absolute atomic E-state index is 12.4. The molecule has 0 aliphatic carbocycles. The number of hydrogen-bond donors (Lipinski definition) is 1. The molecule has 2 nitrogen and oxygen atoms in total. The standard InChI is InChI=1S/C17H14F3NO/c18-17(19,20)15-8-6-13(7-9-15)12-21-11-10-16(22)14-4-2-1-3-5-14/h1-11,21H,12H2/b11-10-. The summed E-state index contributed by atoms with van der Waals surface area (Å²) >= 11 is 0. The lowest BCUT2D eigenvalue weighted by Gasteiger charge is -2.07. The molecule has 0 spiro atoms. The predicted octanol–water partition coefficient (Wildman–Crippen LogP) is 4.19. The van der Waals surface area contributed by atoms with Gasteiger partial charge in [0, 0.05) is 24.4 Å². The number of ketones is 1. The number of rotatable bonds is 5. The molecule has 2 aromatic rings. The number of alkyl halides is 3. The monoisotopic (exact) mass is 305 g/mol. The number of carbonyl (C=O) groups is 1. The summed E-state index contributed by atoms with van der Waals surface area (Å²) in [6.07, 6.45) is -1.44. The Balaban J connectivity index is 1.86. The largest absolute Gasteiger partial charge is 0.416 e. The summed E-state index contributed by atoms with van der Waals surface area (Å²) < 4.78 is 37.2. The third kappa shape index (κ3) is 4.48. The zero-order chi connectivity index (χ0) is 16.0. The summed E-state index contributed by atoms with van der Waals surface area (Å²) in [5, 5.41) is 2.88. The van der Waals surface area contributed by atoms with Crippen molar-refractivity contribution < 1.29 is 18.0 Å². The van der Waals surface area contributed by atoms with E-state index in [4.69, 9.17) is 0 Å². The molecule has 5 heteroatoms. The van der Waals surface area contributed by atoms with Crippen LogP contribution >= 0.6 is 0 Å². The first-order chi connectivity index (χ1) is 10.5. The minimum absolute atomic E-state index is 0.138. The van der Waals surface area contributed by atoms with Crippen molar-refractivity contribution in [1.82, 2.24) is 5.32 Å². The molecule has 0 radical (unpaired) electrons. The molecule has 0 amide bonds. The van der Waals surface area contributed by atoms with Gasteiger partial charge in [-0.1, -0.05) is 42.5 Å². The number of hydrogen-bond acceptors (Lipinski definition) is 2. The molecule has 1 N–H and O–H groups in total. The van der Waals surface area contributed by atoms with Crippen LogP contribution in [0.25, 0.3) is 0 Å². The van der Waals surface area contributed by atoms with Crippen molar-refractivity contribution >= 4 is 5.78 Å². The fraction of sp³-hybridized carbons (Fsp3) is 0.118. The second-order valence-corrected chi connectivity index (χ2v) is 4.64. The van der Waals surface area contributed by atoms with Gasteiger partial charge in [-0.2, -0.15) is 13.2 Å². The second-order valence-electron chi connectivity index (χ2n) is 4.64. The smallest absolute Gasteiger partial charge is 0.387 e. The minimum atomic E-state index is -4.33. The van der Waals surface area contributed by atoms with Crippen LogP contribution in [0.5, 0.6) is 0 Å². The van der Waals surface area contributed by atoms with Gasteiger partial charge in [0.25, 0.3) is 0 Å². The molecule has 0 bridgehead atoms. The molecule has 2 rings (SSSR count). The summed E-state index contributed by atoms with van der Waals surface area (Å²) in [5.74, 6) is -0.138. The number of nitrogens with one attached hydrogen (secondary N) is 1. The Hall–Kier alpha value is -2.56. The Morgan fingerprint density at radius 1 is 1.00 bits per heavy atom. The van der Waals surface area contributed by atoms with Crippen LogP contribution in [0.15, 0.2) is 66.9 Å². The highest BCUT2D eigenvalue weighted by Gasteiger charge is 2.29. The summed E-state index contributed by atoms with van der Waals surface area (Å²) in [4.78, 5) is 11.8. The van der Waals surface area contributed by atoms with Gasteiger partial charge < -0.3 is 5.32 Å². The number of carbonyl (C=O) groups excluding carboxylic acids is 1. The van der Waals surface area contributed by atoms with Gasteiger partial charge in [0.05, 0.1) is 5.56 Å². The second kappa shape index (κ2) is 6.93. The highest BCUT2D eigenvalue weighted by Crippen LogP contribution is 2.28. The maximum Gasteiger partial charge on any atom is 0.416 e. The molecular weight excluding hydrogens is 291 g/mol. The summed E-state index contributed by atoms with van der Waals surface area (Å²) in [7, 11) is 0. The third-order valence-corrected chi connectivity index (χ3v) is 3.00. The molecule has 2 aromatic carbocycles. The first-order valence-electron chi connectivity index (χ1n) is 6.62. The van der Waals surface area contributed by atoms with E-state index in [1.54, 1.807) is 24.3 Å². The Morgan fingerprint density at radius 3 is 2.23 bits per heavy atom. The van der Waals surface area contributed by atoms with Crippen molar-refractivity contribution in [3.63, 3.8) is 0 Å². The van der Waals surface area contributed by atoms with Crippen molar-refractivity contribution in [2.45, 2.75) is 12.7 Å². The quantitative estimate of drug-likeness (QED) is 0.663. The molecule has 0 heterocycles. The predicted molar refractivity (Wildman–Crippen MR) is 78.2 cm³/mol. The van der Waals surface area contributed by atoms with Gasteiger partial charge in [0.2, 0.25) is 0 Å². The highest BCUT2D eigenvalue weighted by atomic mass is 19.4. The zero-order valence-electron chi connectivity index (χ0n) is 11.6. The number of allylic oxidation sites excluding steroid dienone is 1. The first kappa shape index (κ1) is 15.8. The van der Waals surface area contributed by atoms with E-state index in [2.05, 4.69) is 5.32 Å². The number of halogens is 3. The van der Waals surface area contributed by atoms with E-state index in [1.165, 1.54) is 24.4 Å². The van der Waals surface area contributed by atoms with Gasteiger partial charge in [-0.3, -0.25) is 4.79 Å². The summed E-state index contributed by atoms with van der Waals surface area (Å²) in [5.41, 5.74) is 0.603. The van der Waals surface area contributed by atoms with Crippen LogP contribution in [-0.2, 0) is 12.7 Å². The van der Waals surface area contributed by atoms with Crippen LogP contribution in [-0.4, -0.2) is 5.78 Å². The molecular formula is C17H14F3NO. The van der Waals surface area contributed by atoms with Crippen molar-refractivity contribution in [3.05, 3.63) is 83.6 Å². The van der Waals surface area contributed by atoms with Gasteiger partial charge in [-0.15, -0.1) is 0 Å². The van der Waals surface area contributed by atoms with Gasteiger partial charge in [0.1, 0.15) is 0 Å². The first-order valence-corrected chi connectivity index (χ1v) is 6.62. The lowest BCUT2D eigenvalue weighted by atomic mass is 10.1. The SMILES string of the molecule is O=C(/C=C\NCc1ccc(C(F)(F)F)cc1)c1ccccc1. The molecule has 114 valence electrons. The van der Waals surface area contributed by atoms with Crippen molar-refractivity contribution in [2.75, 3.05) is 0 Å². The lowest BCUT2D eigenvalue weighted by Crippen LogP contribution is -2.08. The molecule has 0 unspecified atom stereocenters. The number of benzene rings is 2. The molecule has 0 atom stereocenters. The Labute approximate surface area is 126 Å².